The Morgan fingerprint density at radius 3 is 2.38 bits per heavy atom. The first-order chi connectivity index (χ1) is 11.5. The van der Waals surface area contributed by atoms with E-state index in [2.05, 4.69) is 6.58 Å². The van der Waals surface area contributed by atoms with Gasteiger partial charge in [-0.25, -0.2) is 4.79 Å². The van der Waals surface area contributed by atoms with Crippen molar-refractivity contribution in [2.24, 2.45) is 0 Å². The van der Waals surface area contributed by atoms with Crippen LogP contribution in [0.15, 0.2) is 36.4 Å². The van der Waals surface area contributed by atoms with Crippen LogP contribution in [-0.4, -0.2) is 50.5 Å². The second-order valence-corrected chi connectivity index (χ2v) is 4.74. The Balaban J connectivity index is 1.99. The van der Waals surface area contributed by atoms with Gasteiger partial charge in [0.05, 0.1) is 37.4 Å². The number of non-ortho nitro benzene ring substituents is 1. The SMILES string of the molecule is C=C(C)C(=O)OCCOCCOCCOc1cccc([N+](=O)[O-])c1. The number of esters is 1. The van der Waals surface area contributed by atoms with Crippen molar-refractivity contribution in [3.63, 3.8) is 0 Å². The Labute approximate surface area is 140 Å². The molecule has 1 aromatic rings. The number of carbonyl (C=O) groups is 1. The molecule has 1 aromatic carbocycles. The molecule has 0 aliphatic heterocycles. The fourth-order valence-corrected chi connectivity index (χ4v) is 1.54. The largest absolute Gasteiger partial charge is 0.491 e. The smallest absolute Gasteiger partial charge is 0.333 e. The summed E-state index contributed by atoms with van der Waals surface area (Å²) >= 11 is 0. The van der Waals surface area contributed by atoms with Gasteiger partial charge in [-0.2, -0.15) is 0 Å². The van der Waals surface area contributed by atoms with Crippen LogP contribution in [0.25, 0.3) is 0 Å². The molecule has 0 aliphatic rings. The lowest BCUT2D eigenvalue weighted by molar-refractivity contribution is -0.384. The van der Waals surface area contributed by atoms with E-state index in [0.717, 1.165) is 0 Å². The van der Waals surface area contributed by atoms with E-state index in [1.165, 1.54) is 12.1 Å². The second-order valence-electron chi connectivity index (χ2n) is 4.74. The predicted molar refractivity (Wildman–Crippen MR) is 86.0 cm³/mol. The van der Waals surface area contributed by atoms with Crippen LogP contribution in [-0.2, 0) is 19.0 Å². The molecule has 0 radical (unpaired) electrons. The summed E-state index contributed by atoms with van der Waals surface area (Å²) in [6.07, 6.45) is 0. The van der Waals surface area contributed by atoms with E-state index in [0.29, 0.717) is 31.1 Å². The quantitative estimate of drug-likeness (QED) is 0.189. The third kappa shape index (κ3) is 8.25. The molecule has 132 valence electrons. The van der Waals surface area contributed by atoms with Gasteiger partial charge < -0.3 is 18.9 Å². The van der Waals surface area contributed by atoms with Crippen molar-refractivity contribution in [3.8, 4) is 5.75 Å². The zero-order chi connectivity index (χ0) is 17.8. The topological polar surface area (TPSA) is 97.1 Å². The van der Waals surface area contributed by atoms with Gasteiger partial charge in [0.2, 0.25) is 0 Å². The fourth-order valence-electron chi connectivity index (χ4n) is 1.54. The molecule has 8 nitrogen and oxygen atoms in total. The van der Waals surface area contributed by atoms with Crippen LogP contribution in [0, 0.1) is 10.1 Å². The lowest BCUT2D eigenvalue weighted by atomic mass is 10.3. The van der Waals surface area contributed by atoms with E-state index in [1.807, 2.05) is 0 Å². The van der Waals surface area contributed by atoms with Crippen molar-refractivity contribution < 1.29 is 28.7 Å². The molecule has 0 amide bonds. The van der Waals surface area contributed by atoms with E-state index in [1.54, 1.807) is 19.1 Å². The Bertz CT molecular complexity index is 559. The molecule has 0 spiro atoms. The number of hydrogen-bond donors (Lipinski definition) is 0. The summed E-state index contributed by atoms with van der Waals surface area (Å²) in [5.74, 6) is -0.0171. The van der Waals surface area contributed by atoms with Crippen LogP contribution in [0.1, 0.15) is 6.92 Å². The van der Waals surface area contributed by atoms with Gasteiger partial charge in [-0.3, -0.25) is 10.1 Å². The third-order valence-corrected chi connectivity index (χ3v) is 2.71. The van der Waals surface area contributed by atoms with Crippen LogP contribution in [0.4, 0.5) is 5.69 Å². The van der Waals surface area contributed by atoms with E-state index in [-0.39, 0.29) is 25.5 Å². The summed E-state index contributed by atoms with van der Waals surface area (Å²) < 4.78 is 20.7. The molecule has 8 heteroatoms. The lowest BCUT2D eigenvalue weighted by Gasteiger charge is -2.08. The number of nitrogens with zero attached hydrogens (tertiary/aromatic N) is 1. The van der Waals surface area contributed by atoms with Crippen LogP contribution < -0.4 is 4.74 Å². The Hall–Kier alpha value is -2.45. The first-order valence-electron chi connectivity index (χ1n) is 7.36. The molecule has 1 rings (SSSR count). The molecule has 0 N–H and O–H groups in total. The minimum atomic E-state index is -0.478. The highest BCUT2D eigenvalue weighted by Crippen LogP contribution is 2.18. The highest BCUT2D eigenvalue weighted by molar-refractivity contribution is 5.86. The summed E-state index contributed by atoms with van der Waals surface area (Å²) in [6.45, 7) is 6.83. The molecule has 24 heavy (non-hydrogen) atoms. The molecule has 0 aromatic heterocycles. The van der Waals surface area contributed by atoms with Gasteiger partial charge in [-0.15, -0.1) is 0 Å². The average Bonchev–Trinajstić information content (AvgIpc) is 2.56. The number of benzene rings is 1. The van der Waals surface area contributed by atoms with Gasteiger partial charge in [-0.05, 0) is 13.0 Å². The maximum absolute atomic E-state index is 11.1. The number of nitro benzene ring substituents is 1. The molecule has 0 unspecified atom stereocenters. The van der Waals surface area contributed by atoms with Crippen molar-refractivity contribution >= 4 is 11.7 Å². The maximum atomic E-state index is 11.1. The summed E-state index contributed by atoms with van der Waals surface area (Å²) in [5.41, 5.74) is 0.330. The first-order valence-corrected chi connectivity index (χ1v) is 7.36. The normalized spacial score (nSPS) is 10.2. The summed E-state index contributed by atoms with van der Waals surface area (Å²) in [5, 5.41) is 10.6. The van der Waals surface area contributed by atoms with Crippen LogP contribution in [0.3, 0.4) is 0 Å². The predicted octanol–water partition coefficient (Wildman–Crippen LogP) is 2.13. The maximum Gasteiger partial charge on any atom is 0.333 e. The fraction of sp³-hybridized carbons (Fsp3) is 0.438. The number of ether oxygens (including phenoxy) is 4. The molecular formula is C16H21NO7. The van der Waals surface area contributed by atoms with Crippen molar-refractivity contribution in [2.45, 2.75) is 6.92 Å². The average molecular weight is 339 g/mol. The van der Waals surface area contributed by atoms with Crippen LogP contribution >= 0.6 is 0 Å². The van der Waals surface area contributed by atoms with Gasteiger partial charge in [0, 0.05) is 11.6 Å². The molecule has 0 atom stereocenters. The molecule has 0 heterocycles. The van der Waals surface area contributed by atoms with Gasteiger partial charge in [-0.1, -0.05) is 12.6 Å². The lowest BCUT2D eigenvalue weighted by Crippen LogP contribution is -2.14. The van der Waals surface area contributed by atoms with Crippen molar-refractivity contribution in [1.82, 2.24) is 0 Å². The number of rotatable bonds is 12. The highest BCUT2D eigenvalue weighted by atomic mass is 16.6. The van der Waals surface area contributed by atoms with Crippen molar-refractivity contribution in [3.05, 3.63) is 46.5 Å². The summed E-state index contributed by atoms with van der Waals surface area (Å²) in [7, 11) is 0. The van der Waals surface area contributed by atoms with Crippen molar-refractivity contribution in [1.29, 1.82) is 0 Å². The van der Waals surface area contributed by atoms with E-state index in [4.69, 9.17) is 18.9 Å². The van der Waals surface area contributed by atoms with E-state index >= 15 is 0 Å². The molecule has 0 fully saturated rings. The summed E-state index contributed by atoms with van der Waals surface area (Å²) in [4.78, 5) is 21.2. The highest BCUT2D eigenvalue weighted by Gasteiger charge is 2.06. The van der Waals surface area contributed by atoms with E-state index < -0.39 is 10.9 Å². The zero-order valence-corrected chi connectivity index (χ0v) is 13.6. The molecule has 0 bridgehead atoms. The van der Waals surface area contributed by atoms with Gasteiger partial charge in [0.25, 0.3) is 5.69 Å². The monoisotopic (exact) mass is 339 g/mol. The van der Waals surface area contributed by atoms with Crippen LogP contribution in [0.2, 0.25) is 0 Å². The number of carbonyl (C=O) groups excluding carboxylic acids is 1. The second kappa shape index (κ2) is 11.1. The van der Waals surface area contributed by atoms with Gasteiger partial charge in [0.1, 0.15) is 19.0 Å². The Morgan fingerprint density at radius 1 is 1.12 bits per heavy atom. The molecule has 0 aliphatic carbocycles. The Kier molecular flexibility index (Phi) is 9.10. The molecule has 0 saturated carbocycles. The minimum absolute atomic E-state index is 0.0193. The van der Waals surface area contributed by atoms with Crippen LogP contribution in [0.5, 0.6) is 5.75 Å². The number of nitro groups is 1. The Morgan fingerprint density at radius 2 is 1.75 bits per heavy atom. The first kappa shape index (κ1) is 19.6. The zero-order valence-electron chi connectivity index (χ0n) is 13.6. The number of hydrogen-bond acceptors (Lipinski definition) is 7. The molecular weight excluding hydrogens is 318 g/mol. The summed E-state index contributed by atoms with van der Waals surface area (Å²) in [6, 6.07) is 5.95. The van der Waals surface area contributed by atoms with Gasteiger partial charge in [0.15, 0.2) is 0 Å². The molecule has 0 saturated heterocycles. The third-order valence-electron chi connectivity index (χ3n) is 2.71. The standard InChI is InChI=1S/C16H21NO7/c1-13(2)16(18)24-11-9-22-7-6-21-8-10-23-15-5-3-4-14(12-15)17(19)20/h3-5,12H,1,6-11H2,2H3. The van der Waals surface area contributed by atoms with Crippen molar-refractivity contribution in [2.75, 3.05) is 39.6 Å². The minimum Gasteiger partial charge on any atom is -0.491 e. The van der Waals surface area contributed by atoms with E-state index in [9.17, 15) is 14.9 Å². The van der Waals surface area contributed by atoms with Gasteiger partial charge >= 0.3 is 5.97 Å².